The van der Waals surface area contributed by atoms with Crippen molar-refractivity contribution >= 4 is 23.4 Å². The van der Waals surface area contributed by atoms with E-state index >= 15 is 0 Å². The van der Waals surface area contributed by atoms with Crippen molar-refractivity contribution in [2.24, 2.45) is 0 Å². The molecule has 7 nitrogen and oxygen atoms in total. The Kier molecular flexibility index (Phi) is 6.68. The number of carbonyl (C=O) groups excluding carboxylic acids is 3. The molecule has 0 radical (unpaired) electrons. The molecule has 7 heteroatoms. The van der Waals surface area contributed by atoms with Gasteiger partial charge in [0.25, 0.3) is 0 Å². The number of anilines is 1. The summed E-state index contributed by atoms with van der Waals surface area (Å²) in [6.07, 6.45) is 5.30. The highest BCUT2D eigenvalue weighted by molar-refractivity contribution is 6.35. The number of fused-ring (bicyclic) bond motifs is 2. The summed E-state index contributed by atoms with van der Waals surface area (Å²) in [5.41, 5.74) is 0.0892. The van der Waals surface area contributed by atoms with Gasteiger partial charge >= 0.3 is 11.8 Å². The highest BCUT2D eigenvalue weighted by atomic mass is 16.2. The van der Waals surface area contributed by atoms with Crippen molar-refractivity contribution in [2.45, 2.75) is 82.7 Å². The minimum atomic E-state index is -0.986. The Labute approximate surface area is 184 Å². The highest BCUT2D eigenvalue weighted by Crippen LogP contribution is 2.46. The van der Waals surface area contributed by atoms with Crippen LogP contribution in [0, 0.1) is 11.3 Å². The second-order valence-corrected chi connectivity index (χ2v) is 8.85. The molecule has 2 aliphatic heterocycles. The normalized spacial score (nSPS) is 22.2. The van der Waals surface area contributed by atoms with Crippen LogP contribution in [0.2, 0.25) is 0 Å². The second-order valence-electron chi connectivity index (χ2n) is 8.85. The largest absolute Gasteiger partial charge is 0.342 e. The molecule has 1 spiro atoms. The maximum Gasteiger partial charge on any atom is 0.313 e. The summed E-state index contributed by atoms with van der Waals surface area (Å²) in [5.74, 6) is -1.63. The SMILES string of the molecule is CCCC(CCC)(CCC)NC(=O)C(=O)N1C[C@]2(C[C@H]1C#N)C(=O)Nc1ccccc12. The number of nitriles is 1. The Bertz CT molecular complexity index is 889. The number of nitrogens with one attached hydrogen (secondary N) is 2. The summed E-state index contributed by atoms with van der Waals surface area (Å²) in [4.78, 5) is 40.4. The number of hydrogen-bond acceptors (Lipinski definition) is 4. The number of amides is 3. The minimum absolute atomic E-state index is 0.0304. The third kappa shape index (κ3) is 4.04. The summed E-state index contributed by atoms with van der Waals surface area (Å²) in [5, 5.41) is 15.6. The van der Waals surface area contributed by atoms with Crippen LogP contribution in [0.5, 0.6) is 0 Å². The van der Waals surface area contributed by atoms with Gasteiger partial charge in [-0.25, -0.2) is 0 Å². The van der Waals surface area contributed by atoms with Gasteiger partial charge in [-0.3, -0.25) is 14.4 Å². The van der Waals surface area contributed by atoms with Gasteiger partial charge in [-0.2, -0.15) is 5.26 Å². The third-order valence-corrected chi connectivity index (χ3v) is 6.65. The van der Waals surface area contributed by atoms with Gasteiger partial charge in [0.05, 0.1) is 11.5 Å². The predicted octanol–water partition coefficient (Wildman–Crippen LogP) is 3.26. The van der Waals surface area contributed by atoms with E-state index in [1.165, 1.54) is 4.90 Å². The molecule has 2 atom stereocenters. The number of para-hydroxylation sites is 1. The molecule has 0 aliphatic carbocycles. The van der Waals surface area contributed by atoms with Gasteiger partial charge in [0.2, 0.25) is 5.91 Å². The van der Waals surface area contributed by atoms with Crippen molar-refractivity contribution in [3.63, 3.8) is 0 Å². The first-order valence-corrected chi connectivity index (χ1v) is 11.3. The van der Waals surface area contributed by atoms with Crippen LogP contribution in [0.25, 0.3) is 0 Å². The molecule has 1 saturated heterocycles. The van der Waals surface area contributed by atoms with Gasteiger partial charge in [0.1, 0.15) is 6.04 Å². The van der Waals surface area contributed by atoms with Gasteiger partial charge < -0.3 is 15.5 Å². The summed E-state index contributed by atoms with van der Waals surface area (Å²) < 4.78 is 0. The second kappa shape index (κ2) is 9.09. The van der Waals surface area contributed by atoms with Crippen molar-refractivity contribution < 1.29 is 14.4 Å². The summed E-state index contributed by atoms with van der Waals surface area (Å²) >= 11 is 0. The zero-order valence-electron chi connectivity index (χ0n) is 18.7. The summed E-state index contributed by atoms with van der Waals surface area (Å²) in [6.45, 7) is 6.24. The summed E-state index contributed by atoms with van der Waals surface area (Å²) in [6, 6.07) is 8.65. The van der Waals surface area contributed by atoms with Gasteiger partial charge in [-0.15, -0.1) is 0 Å². The summed E-state index contributed by atoms with van der Waals surface area (Å²) in [7, 11) is 0. The zero-order valence-corrected chi connectivity index (χ0v) is 18.7. The molecular weight excluding hydrogens is 392 g/mol. The Morgan fingerprint density at radius 3 is 2.39 bits per heavy atom. The number of rotatable bonds is 7. The van der Waals surface area contributed by atoms with Crippen LogP contribution >= 0.6 is 0 Å². The van der Waals surface area contributed by atoms with Crippen LogP contribution in [0.4, 0.5) is 5.69 Å². The monoisotopic (exact) mass is 424 g/mol. The minimum Gasteiger partial charge on any atom is -0.342 e. The molecule has 2 aliphatic rings. The van der Waals surface area contributed by atoms with Crippen molar-refractivity contribution in [3.05, 3.63) is 29.8 Å². The molecule has 1 aromatic rings. The number of benzene rings is 1. The Morgan fingerprint density at radius 1 is 1.19 bits per heavy atom. The molecule has 2 N–H and O–H groups in total. The molecule has 0 bridgehead atoms. The van der Waals surface area contributed by atoms with E-state index in [2.05, 4.69) is 37.5 Å². The molecule has 0 unspecified atom stereocenters. The van der Waals surface area contributed by atoms with Crippen LogP contribution in [0.15, 0.2) is 24.3 Å². The van der Waals surface area contributed by atoms with E-state index in [-0.39, 0.29) is 18.9 Å². The molecule has 31 heavy (non-hydrogen) atoms. The van der Waals surface area contributed by atoms with E-state index in [9.17, 15) is 19.6 Å². The smallest absolute Gasteiger partial charge is 0.313 e. The fourth-order valence-electron chi connectivity index (χ4n) is 5.39. The first-order chi connectivity index (χ1) is 14.9. The Balaban J connectivity index is 1.85. The van der Waals surface area contributed by atoms with E-state index in [4.69, 9.17) is 0 Å². The van der Waals surface area contributed by atoms with Crippen LogP contribution in [0.1, 0.15) is 71.3 Å². The molecule has 2 heterocycles. The standard InChI is InChI=1S/C24H32N4O3/c1-4-11-23(12-5-2,13-6-3)27-20(29)21(30)28-16-24(14-17(28)15-25)18-9-7-8-10-19(18)26-22(24)31/h7-10,17H,4-6,11-14,16H2,1-3H3,(H,26,31)(H,27,29)/t17-,24-/m0/s1. The average Bonchev–Trinajstić information content (AvgIpc) is 3.27. The van der Waals surface area contributed by atoms with Crippen LogP contribution in [-0.4, -0.2) is 40.7 Å². The van der Waals surface area contributed by atoms with Crippen molar-refractivity contribution in [2.75, 3.05) is 11.9 Å². The van der Waals surface area contributed by atoms with Crippen LogP contribution < -0.4 is 10.6 Å². The molecule has 1 fully saturated rings. The number of carbonyl (C=O) groups is 3. The Hall–Kier alpha value is -2.88. The lowest BCUT2D eigenvalue weighted by atomic mass is 9.80. The number of hydrogen-bond donors (Lipinski definition) is 2. The number of nitrogens with zero attached hydrogens (tertiary/aromatic N) is 2. The first-order valence-electron chi connectivity index (χ1n) is 11.3. The van der Waals surface area contributed by atoms with E-state index in [0.717, 1.165) is 44.1 Å². The van der Waals surface area contributed by atoms with Gasteiger partial charge in [-0.05, 0) is 30.9 Å². The van der Waals surface area contributed by atoms with Crippen molar-refractivity contribution in [1.29, 1.82) is 5.26 Å². The lowest BCUT2D eigenvalue weighted by Crippen LogP contribution is -2.54. The molecule has 1 aromatic carbocycles. The highest BCUT2D eigenvalue weighted by Gasteiger charge is 2.56. The van der Waals surface area contributed by atoms with Crippen LogP contribution in [-0.2, 0) is 19.8 Å². The van der Waals surface area contributed by atoms with E-state index in [1.807, 2.05) is 24.3 Å². The zero-order chi connectivity index (χ0) is 22.6. The van der Waals surface area contributed by atoms with E-state index in [0.29, 0.717) is 5.69 Å². The van der Waals surface area contributed by atoms with Gasteiger partial charge in [0, 0.05) is 24.2 Å². The average molecular weight is 425 g/mol. The maximum absolute atomic E-state index is 13.2. The molecular formula is C24H32N4O3. The Morgan fingerprint density at radius 2 is 1.81 bits per heavy atom. The quantitative estimate of drug-likeness (QED) is 0.656. The van der Waals surface area contributed by atoms with E-state index in [1.54, 1.807) is 0 Å². The number of likely N-dealkylation sites (tertiary alicyclic amines) is 1. The lowest BCUT2D eigenvalue weighted by Gasteiger charge is -2.35. The van der Waals surface area contributed by atoms with E-state index < -0.39 is 28.8 Å². The van der Waals surface area contributed by atoms with Gasteiger partial charge in [0.15, 0.2) is 0 Å². The van der Waals surface area contributed by atoms with Crippen molar-refractivity contribution in [1.82, 2.24) is 10.2 Å². The van der Waals surface area contributed by atoms with Crippen molar-refractivity contribution in [3.8, 4) is 6.07 Å². The fourth-order valence-corrected chi connectivity index (χ4v) is 5.39. The topological polar surface area (TPSA) is 102 Å². The fraction of sp³-hybridized carbons (Fsp3) is 0.583. The molecule has 0 saturated carbocycles. The van der Waals surface area contributed by atoms with Gasteiger partial charge in [-0.1, -0.05) is 58.2 Å². The molecule has 166 valence electrons. The lowest BCUT2D eigenvalue weighted by molar-refractivity contribution is -0.147. The first kappa shape index (κ1) is 22.8. The van der Waals surface area contributed by atoms with Crippen LogP contribution in [0.3, 0.4) is 0 Å². The third-order valence-electron chi connectivity index (χ3n) is 6.65. The molecule has 3 amide bonds. The predicted molar refractivity (Wildman–Crippen MR) is 118 cm³/mol. The maximum atomic E-state index is 13.2. The molecule has 3 rings (SSSR count). The molecule has 0 aromatic heterocycles.